The van der Waals surface area contributed by atoms with Crippen LogP contribution in [0.4, 0.5) is 8.78 Å². The second-order valence-electron chi connectivity index (χ2n) is 2.93. The van der Waals surface area contributed by atoms with Crippen molar-refractivity contribution < 1.29 is 18.4 Å². The van der Waals surface area contributed by atoms with Gasteiger partial charge in [-0.15, -0.1) is 0 Å². The van der Waals surface area contributed by atoms with Crippen LogP contribution in [0.5, 0.6) is 0 Å². The lowest BCUT2D eigenvalue weighted by Crippen LogP contribution is -2.05. The maximum absolute atomic E-state index is 12.7. The maximum Gasteiger partial charge on any atom is 0.170 e. The van der Waals surface area contributed by atoms with Gasteiger partial charge in [-0.1, -0.05) is 0 Å². The van der Waals surface area contributed by atoms with Gasteiger partial charge >= 0.3 is 0 Å². The van der Waals surface area contributed by atoms with E-state index in [9.17, 15) is 18.4 Å². The summed E-state index contributed by atoms with van der Waals surface area (Å²) >= 11 is 0. The monoisotopic (exact) mass is 198 g/mol. The van der Waals surface area contributed by atoms with Crippen LogP contribution in [-0.4, -0.2) is 11.6 Å². The zero-order valence-corrected chi connectivity index (χ0v) is 7.51. The van der Waals surface area contributed by atoms with Crippen LogP contribution in [0.25, 0.3) is 0 Å². The van der Waals surface area contributed by atoms with Crippen LogP contribution in [0, 0.1) is 11.6 Å². The van der Waals surface area contributed by atoms with Gasteiger partial charge in [0, 0.05) is 5.56 Å². The molecule has 0 N–H and O–H groups in total. The molecule has 14 heavy (non-hydrogen) atoms. The van der Waals surface area contributed by atoms with E-state index in [-0.39, 0.29) is 17.8 Å². The standard InChI is InChI=1S/C10H8F2O2/c1-6(13)4-10(14)7-2-3-8(11)9(12)5-7/h2-3,5H,4H2,1H3. The van der Waals surface area contributed by atoms with Crippen LogP contribution in [0.2, 0.25) is 0 Å². The predicted octanol–water partition coefficient (Wildman–Crippen LogP) is 2.13. The molecule has 0 radical (unpaired) electrons. The summed E-state index contributed by atoms with van der Waals surface area (Å²) in [6, 6.07) is 2.81. The van der Waals surface area contributed by atoms with Gasteiger partial charge in [-0.3, -0.25) is 9.59 Å². The Hall–Kier alpha value is -1.58. The number of rotatable bonds is 3. The number of Topliss-reactive ketones (excluding diaryl/α,β-unsaturated/α-hetero) is 2. The van der Waals surface area contributed by atoms with Gasteiger partial charge in [0.1, 0.15) is 5.78 Å². The third-order valence-corrected chi connectivity index (χ3v) is 1.65. The van der Waals surface area contributed by atoms with E-state index in [1.54, 1.807) is 0 Å². The number of carbonyl (C=O) groups is 2. The molecule has 4 heteroatoms. The Morgan fingerprint density at radius 3 is 2.36 bits per heavy atom. The predicted molar refractivity (Wildman–Crippen MR) is 46.0 cm³/mol. The second-order valence-corrected chi connectivity index (χ2v) is 2.93. The summed E-state index contributed by atoms with van der Waals surface area (Å²) < 4.78 is 25.1. The Labute approximate surface area is 79.5 Å². The van der Waals surface area contributed by atoms with Crippen LogP contribution >= 0.6 is 0 Å². The zero-order valence-electron chi connectivity index (χ0n) is 7.51. The molecule has 0 saturated heterocycles. The SMILES string of the molecule is CC(=O)CC(=O)c1ccc(F)c(F)c1. The van der Waals surface area contributed by atoms with E-state index < -0.39 is 17.4 Å². The largest absolute Gasteiger partial charge is 0.300 e. The molecule has 0 saturated carbocycles. The van der Waals surface area contributed by atoms with Gasteiger partial charge in [-0.05, 0) is 25.1 Å². The van der Waals surface area contributed by atoms with Crippen molar-refractivity contribution in [3.05, 3.63) is 35.4 Å². The normalized spacial score (nSPS) is 9.93. The molecule has 0 amide bonds. The van der Waals surface area contributed by atoms with Gasteiger partial charge in [0.25, 0.3) is 0 Å². The number of hydrogen-bond donors (Lipinski definition) is 0. The fourth-order valence-corrected chi connectivity index (χ4v) is 0.998. The molecule has 1 rings (SSSR count). The quantitative estimate of drug-likeness (QED) is 0.550. The molecule has 0 aliphatic rings. The summed E-state index contributed by atoms with van der Waals surface area (Å²) in [6.45, 7) is 1.26. The van der Waals surface area contributed by atoms with E-state index in [4.69, 9.17) is 0 Å². The molecule has 0 aliphatic heterocycles. The summed E-state index contributed by atoms with van der Waals surface area (Å²) in [7, 11) is 0. The topological polar surface area (TPSA) is 34.1 Å². The second kappa shape index (κ2) is 4.09. The fraction of sp³-hybridized carbons (Fsp3) is 0.200. The van der Waals surface area contributed by atoms with Gasteiger partial charge in [0.15, 0.2) is 17.4 Å². The molecular formula is C10H8F2O2. The molecule has 1 aromatic rings. The van der Waals surface area contributed by atoms with Crippen molar-refractivity contribution in [1.29, 1.82) is 0 Å². The highest BCUT2D eigenvalue weighted by atomic mass is 19.2. The van der Waals surface area contributed by atoms with Crippen molar-refractivity contribution in [3.63, 3.8) is 0 Å². The number of ketones is 2. The average Bonchev–Trinajstić information content (AvgIpc) is 2.08. The van der Waals surface area contributed by atoms with E-state index in [1.807, 2.05) is 0 Å². The minimum atomic E-state index is -1.08. The first-order valence-electron chi connectivity index (χ1n) is 3.98. The molecule has 0 fully saturated rings. The third-order valence-electron chi connectivity index (χ3n) is 1.65. The van der Waals surface area contributed by atoms with E-state index in [2.05, 4.69) is 0 Å². The molecule has 0 heterocycles. The first-order valence-corrected chi connectivity index (χ1v) is 3.98. The lowest BCUT2D eigenvalue weighted by molar-refractivity contribution is -0.116. The van der Waals surface area contributed by atoms with Gasteiger partial charge in [-0.2, -0.15) is 0 Å². The van der Waals surface area contributed by atoms with Crippen LogP contribution in [0.3, 0.4) is 0 Å². The van der Waals surface area contributed by atoms with Crippen molar-refractivity contribution in [3.8, 4) is 0 Å². The van der Waals surface area contributed by atoms with Crippen molar-refractivity contribution in [1.82, 2.24) is 0 Å². The van der Waals surface area contributed by atoms with E-state index in [1.165, 1.54) is 6.92 Å². The van der Waals surface area contributed by atoms with E-state index in [0.29, 0.717) is 0 Å². The highest BCUT2D eigenvalue weighted by molar-refractivity contribution is 6.07. The molecule has 0 aliphatic carbocycles. The van der Waals surface area contributed by atoms with Gasteiger partial charge in [-0.25, -0.2) is 8.78 Å². The molecule has 1 aromatic carbocycles. The molecule has 0 bridgehead atoms. The number of hydrogen-bond acceptors (Lipinski definition) is 2. The average molecular weight is 198 g/mol. The minimum Gasteiger partial charge on any atom is -0.300 e. The Morgan fingerprint density at radius 2 is 1.86 bits per heavy atom. The summed E-state index contributed by atoms with van der Waals surface area (Å²) in [5, 5.41) is 0. The smallest absolute Gasteiger partial charge is 0.170 e. The lowest BCUT2D eigenvalue weighted by atomic mass is 10.1. The zero-order chi connectivity index (χ0) is 10.7. The first-order chi connectivity index (χ1) is 6.50. The molecule has 74 valence electrons. The van der Waals surface area contributed by atoms with Crippen LogP contribution < -0.4 is 0 Å². The molecule has 0 unspecified atom stereocenters. The van der Waals surface area contributed by atoms with E-state index >= 15 is 0 Å². The van der Waals surface area contributed by atoms with Crippen molar-refractivity contribution in [2.45, 2.75) is 13.3 Å². The lowest BCUT2D eigenvalue weighted by Gasteiger charge is -1.98. The Morgan fingerprint density at radius 1 is 1.21 bits per heavy atom. The number of carbonyl (C=O) groups excluding carboxylic acids is 2. The summed E-state index contributed by atoms with van der Waals surface area (Å²) in [4.78, 5) is 21.8. The molecular weight excluding hydrogens is 190 g/mol. The van der Waals surface area contributed by atoms with Crippen LogP contribution in [0.15, 0.2) is 18.2 Å². The summed E-state index contributed by atoms with van der Waals surface area (Å²) in [5.74, 6) is -2.90. The van der Waals surface area contributed by atoms with Crippen LogP contribution in [0.1, 0.15) is 23.7 Å². The fourth-order valence-electron chi connectivity index (χ4n) is 0.998. The summed E-state index contributed by atoms with van der Waals surface area (Å²) in [5.41, 5.74) is 0.0131. The molecule has 0 atom stereocenters. The third kappa shape index (κ3) is 2.45. The molecule has 2 nitrogen and oxygen atoms in total. The Balaban J connectivity index is 2.91. The Kier molecular flexibility index (Phi) is 3.06. The minimum absolute atomic E-state index is 0.0131. The van der Waals surface area contributed by atoms with Gasteiger partial charge in [0.2, 0.25) is 0 Å². The van der Waals surface area contributed by atoms with Crippen molar-refractivity contribution >= 4 is 11.6 Å². The first kappa shape index (κ1) is 10.5. The van der Waals surface area contributed by atoms with Gasteiger partial charge in [0.05, 0.1) is 6.42 Å². The van der Waals surface area contributed by atoms with Gasteiger partial charge < -0.3 is 0 Å². The highest BCUT2D eigenvalue weighted by Gasteiger charge is 2.11. The van der Waals surface area contributed by atoms with Crippen LogP contribution in [-0.2, 0) is 4.79 Å². The van der Waals surface area contributed by atoms with Crippen molar-refractivity contribution in [2.75, 3.05) is 0 Å². The maximum atomic E-state index is 12.7. The molecule has 0 aromatic heterocycles. The molecule has 0 spiro atoms. The highest BCUT2D eigenvalue weighted by Crippen LogP contribution is 2.10. The van der Waals surface area contributed by atoms with Crippen molar-refractivity contribution in [2.24, 2.45) is 0 Å². The summed E-state index contributed by atoms with van der Waals surface area (Å²) in [6.07, 6.45) is -0.287. The Bertz CT molecular complexity index is 386. The van der Waals surface area contributed by atoms with E-state index in [0.717, 1.165) is 18.2 Å². The number of benzene rings is 1. The number of halogens is 2.